The van der Waals surface area contributed by atoms with Crippen molar-refractivity contribution in [1.82, 2.24) is 20.0 Å². The molecule has 15 heavy (non-hydrogen) atoms. The van der Waals surface area contributed by atoms with Crippen LogP contribution in [0.3, 0.4) is 0 Å². The summed E-state index contributed by atoms with van der Waals surface area (Å²) in [6.45, 7) is 4.35. The van der Waals surface area contributed by atoms with Gasteiger partial charge in [-0.3, -0.25) is 4.68 Å². The van der Waals surface area contributed by atoms with E-state index >= 15 is 0 Å². The topological polar surface area (TPSA) is 33.1 Å². The Morgan fingerprint density at radius 2 is 2.07 bits per heavy atom. The van der Waals surface area contributed by atoms with Gasteiger partial charge in [-0.25, -0.2) is 0 Å². The lowest BCUT2D eigenvalue weighted by atomic mass is 10.3. The summed E-state index contributed by atoms with van der Waals surface area (Å²) < 4.78 is 1.97. The molecule has 1 aromatic heterocycles. The lowest BCUT2D eigenvalue weighted by molar-refractivity contribution is 0.393. The zero-order valence-corrected chi connectivity index (χ0v) is 9.82. The van der Waals surface area contributed by atoms with Gasteiger partial charge < -0.3 is 10.2 Å². The summed E-state index contributed by atoms with van der Waals surface area (Å²) in [5, 5.41) is 7.59. The fourth-order valence-corrected chi connectivity index (χ4v) is 1.44. The lowest BCUT2D eigenvalue weighted by Gasteiger charge is -2.09. The molecule has 0 spiro atoms. The number of hydrogen-bond acceptors (Lipinski definition) is 3. The summed E-state index contributed by atoms with van der Waals surface area (Å²) >= 11 is 0. The van der Waals surface area contributed by atoms with Gasteiger partial charge in [0.1, 0.15) is 0 Å². The molecule has 0 aromatic carbocycles. The number of hydrogen-bond donors (Lipinski definition) is 1. The first-order chi connectivity index (χ1) is 7.29. The minimum atomic E-state index is 1.01. The Morgan fingerprint density at radius 1 is 1.27 bits per heavy atom. The standard InChI is InChI=1S/C11H22N4/c1-14(2)9-3-6-12-7-4-10-15-11-5-8-13-15/h5,8,11-12H,3-4,6-7,9-10H2,1-2H3. The van der Waals surface area contributed by atoms with E-state index in [2.05, 4.69) is 29.4 Å². The van der Waals surface area contributed by atoms with Crippen molar-refractivity contribution in [3.63, 3.8) is 0 Å². The first-order valence-electron chi connectivity index (χ1n) is 5.62. The van der Waals surface area contributed by atoms with Crippen LogP contribution in [0.25, 0.3) is 0 Å². The molecule has 1 aromatic rings. The molecule has 86 valence electrons. The van der Waals surface area contributed by atoms with Gasteiger partial charge in [0.15, 0.2) is 0 Å². The third-order valence-corrected chi connectivity index (χ3v) is 2.26. The molecule has 0 aliphatic heterocycles. The normalized spacial score (nSPS) is 11.1. The molecule has 0 aliphatic carbocycles. The highest BCUT2D eigenvalue weighted by Crippen LogP contribution is 1.88. The van der Waals surface area contributed by atoms with Gasteiger partial charge in [0.05, 0.1) is 0 Å². The maximum Gasteiger partial charge on any atom is 0.0489 e. The summed E-state index contributed by atoms with van der Waals surface area (Å²) in [7, 11) is 4.22. The van der Waals surface area contributed by atoms with Gasteiger partial charge in [-0.1, -0.05) is 0 Å². The molecule has 0 bridgehead atoms. The summed E-state index contributed by atoms with van der Waals surface area (Å²) in [6.07, 6.45) is 6.19. The van der Waals surface area contributed by atoms with Crippen LogP contribution in [-0.4, -0.2) is 48.4 Å². The van der Waals surface area contributed by atoms with Gasteiger partial charge in [0.25, 0.3) is 0 Å². The molecule has 0 amide bonds. The SMILES string of the molecule is CN(C)CCCNCCCn1cccn1. The van der Waals surface area contributed by atoms with E-state index in [1.54, 1.807) is 0 Å². The molecule has 0 unspecified atom stereocenters. The summed E-state index contributed by atoms with van der Waals surface area (Å²) in [5.41, 5.74) is 0. The Balaban J connectivity index is 1.85. The third kappa shape index (κ3) is 6.25. The maximum absolute atomic E-state index is 4.16. The monoisotopic (exact) mass is 210 g/mol. The quantitative estimate of drug-likeness (QED) is 0.645. The zero-order valence-electron chi connectivity index (χ0n) is 9.82. The van der Waals surface area contributed by atoms with Gasteiger partial charge >= 0.3 is 0 Å². The van der Waals surface area contributed by atoms with Crippen LogP contribution in [0.2, 0.25) is 0 Å². The van der Waals surface area contributed by atoms with E-state index in [0.717, 1.165) is 32.6 Å². The Morgan fingerprint density at radius 3 is 2.73 bits per heavy atom. The molecular formula is C11H22N4. The number of aromatic nitrogens is 2. The first-order valence-corrected chi connectivity index (χ1v) is 5.62. The van der Waals surface area contributed by atoms with E-state index in [0.29, 0.717) is 0 Å². The summed E-state index contributed by atoms with van der Waals surface area (Å²) in [5.74, 6) is 0. The van der Waals surface area contributed by atoms with Crippen molar-refractivity contribution >= 4 is 0 Å². The second kappa shape index (κ2) is 7.43. The molecule has 0 atom stereocenters. The molecule has 0 saturated carbocycles. The van der Waals surface area contributed by atoms with E-state index in [-0.39, 0.29) is 0 Å². The molecule has 1 heterocycles. The molecule has 1 rings (SSSR count). The van der Waals surface area contributed by atoms with Crippen LogP contribution in [0.15, 0.2) is 18.5 Å². The molecule has 1 N–H and O–H groups in total. The minimum absolute atomic E-state index is 1.01. The Bertz CT molecular complexity index is 231. The molecule has 0 aliphatic rings. The fraction of sp³-hybridized carbons (Fsp3) is 0.727. The zero-order chi connectivity index (χ0) is 10.9. The average molecular weight is 210 g/mol. The van der Waals surface area contributed by atoms with Gasteiger partial charge in [0, 0.05) is 18.9 Å². The van der Waals surface area contributed by atoms with Crippen LogP contribution in [0.5, 0.6) is 0 Å². The van der Waals surface area contributed by atoms with Crippen molar-refractivity contribution in [3.05, 3.63) is 18.5 Å². The first kappa shape index (κ1) is 12.2. The van der Waals surface area contributed by atoms with Crippen molar-refractivity contribution in [2.75, 3.05) is 33.7 Å². The summed E-state index contributed by atoms with van der Waals surface area (Å²) in [6, 6.07) is 1.96. The molecule has 0 radical (unpaired) electrons. The van der Waals surface area contributed by atoms with Crippen molar-refractivity contribution in [3.8, 4) is 0 Å². The second-order valence-corrected chi connectivity index (χ2v) is 4.03. The number of nitrogens with zero attached hydrogens (tertiary/aromatic N) is 3. The predicted molar refractivity (Wildman–Crippen MR) is 62.9 cm³/mol. The predicted octanol–water partition coefficient (Wildman–Crippen LogP) is 0.814. The molecular weight excluding hydrogens is 188 g/mol. The molecule has 0 fully saturated rings. The van der Waals surface area contributed by atoms with E-state index in [1.165, 1.54) is 6.42 Å². The Hall–Kier alpha value is -0.870. The van der Waals surface area contributed by atoms with E-state index < -0.39 is 0 Å². The average Bonchev–Trinajstić information content (AvgIpc) is 2.68. The van der Waals surface area contributed by atoms with Crippen molar-refractivity contribution < 1.29 is 0 Å². The van der Waals surface area contributed by atoms with Crippen LogP contribution in [0.1, 0.15) is 12.8 Å². The van der Waals surface area contributed by atoms with E-state index in [4.69, 9.17) is 0 Å². The van der Waals surface area contributed by atoms with Crippen molar-refractivity contribution in [1.29, 1.82) is 0 Å². The maximum atomic E-state index is 4.16. The summed E-state index contributed by atoms with van der Waals surface area (Å²) in [4.78, 5) is 2.21. The highest BCUT2D eigenvalue weighted by atomic mass is 15.3. The van der Waals surface area contributed by atoms with Crippen molar-refractivity contribution in [2.45, 2.75) is 19.4 Å². The molecule has 4 heteroatoms. The Kier molecular flexibility index (Phi) is 6.04. The van der Waals surface area contributed by atoms with Gasteiger partial charge in [0.2, 0.25) is 0 Å². The number of rotatable bonds is 8. The van der Waals surface area contributed by atoms with Gasteiger partial charge in [-0.05, 0) is 52.6 Å². The highest BCUT2D eigenvalue weighted by Gasteiger charge is 1.92. The highest BCUT2D eigenvalue weighted by molar-refractivity contribution is 4.77. The van der Waals surface area contributed by atoms with E-state index in [9.17, 15) is 0 Å². The van der Waals surface area contributed by atoms with Crippen molar-refractivity contribution in [2.24, 2.45) is 0 Å². The smallest absolute Gasteiger partial charge is 0.0489 e. The second-order valence-electron chi connectivity index (χ2n) is 4.03. The molecule has 0 saturated heterocycles. The van der Waals surface area contributed by atoms with Crippen LogP contribution in [0, 0.1) is 0 Å². The minimum Gasteiger partial charge on any atom is -0.317 e. The van der Waals surface area contributed by atoms with Gasteiger partial charge in [-0.15, -0.1) is 0 Å². The third-order valence-electron chi connectivity index (χ3n) is 2.26. The van der Waals surface area contributed by atoms with Crippen LogP contribution in [0.4, 0.5) is 0 Å². The number of nitrogens with one attached hydrogen (secondary N) is 1. The fourth-order valence-electron chi connectivity index (χ4n) is 1.44. The number of aryl methyl sites for hydroxylation is 1. The Labute approximate surface area is 92.3 Å². The molecule has 4 nitrogen and oxygen atoms in total. The van der Waals surface area contributed by atoms with Crippen LogP contribution < -0.4 is 5.32 Å². The van der Waals surface area contributed by atoms with E-state index in [1.807, 2.05) is 23.1 Å². The van der Waals surface area contributed by atoms with Crippen LogP contribution in [-0.2, 0) is 6.54 Å². The van der Waals surface area contributed by atoms with Crippen LogP contribution >= 0.6 is 0 Å². The largest absolute Gasteiger partial charge is 0.317 e. The lowest BCUT2D eigenvalue weighted by Crippen LogP contribution is -2.22. The van der Waals surface area contributed by atoms with Gasteiger partial charge in [-0.2, -0.15) is 5.10 Å².